The number of hydrogen-bond donors (Lipinski definition) is 1. The fraction of sp³-hybridized carbons (Fsp3) is 0.333. The van der Waals surface area contributed by atoms with Crippen LogP contribution in [0.5, 0.6) is 5.75 Å². The van der Waals surface area contributed by atoms with Crippen LogP contribution in [-0.2, 0) is 14.6 Å². The normalized spacial score (nSPS) is 21.6. The molecule has 0 saturated carbocycles. The van der Waals surface area contributed by atoms with E-state index in [1.165, 1.54) is 11.8 Å². The van der Waals surface area contributed by atoms with E-state index in [1.807, 2.05) is 54.3 Å². The fourth-order valence-electron chi connectivity index (χ4n) is 3.49. The summed E-state index contributed by atoms with van der Waals surface area (Å²) >= 11 is 1.44. The molecule has 2 atom stereocenters. The van der Waals surface area contributed by atoms with E-state index in [9.17, 15) is 13.2 Å². The molecule has 9 heteroatoms. The van der Waals surface area contributed by atoms with E-state index in [0.717, 1.165) is 11.4 Å². The summed E-state index contributed by atoms with van der Waals surface area (Å²) in [5.74, 6) is 0.779. The van der Waals surface area contributed by atoms with Crippen molar-refractivity contribution in [1.82, 2.24) is 0 Å². The Balaban J connectivity index is 1.49. The number of rotatable bonds is 6. The maximum absolute atomic E-state index is 12.8. The van der Waals surface area contributed by atoms with Crippen LogP contribution in [-0.4, -0.2) is 55.4 Å². The average molecular weight is 446 g/mol. The van der Waals surface area contributed by atoms with Crippen molar-refractivity contribution in [2.24, 2.45) is 4.99 Å². The standard InChI is InChI=1S/C21H23N3O4S2/c1-2-28-17-10-8-15(9-11-17)22-20(25)12-24(16-6-4-3-5-7-16)21-23-18-13-30(26,27)14-19(18)29-21/h3-11,18-19H,2,12-14H2,1H3,(H,22,25)/t18-,19+/m1/s1. The van der Waals surface area contributed by atoms with Gasteiger partial charge in [0, 0.05) is 16.6 Å². The third-order valence-corrected chi connectivity index (χ3v) is 8.10. The first kappa shape index (κ1) is 20.7. The van der Waals surface area contributed by atoms with Crippen LogP contribution in [0.4, 0.5) is 11.4 Å². The van der Waals surface area contributed by atoms with Crippen LogP contribution in [0.1, 0.15) is 6.92 Å². The highest BCUT2D eigenvalue weighted by Crippen LogP contribution is 2.36. The second-order valence-corrected chi connectivity index (χ2v) is 10.5. The van der Waals surface area contributed by atoms with Crippen LogP contribution < -0.4 is 15.0 Å². The summed E-state index contributed by atoms with van der Waals surface area (Å²) in [6.07, 6.45) is 0. The number of carbonyl (C=O) groups is 1. The predicted octanol–water partition coefficient (Wildman–Crippen LogP) is 2.80. The van der Waals surface area contributed by atoms with E-state index < -0.39 is 9.84 Å². The smallest absolute Gasteiger partial charge is 0.244 e. The van der Waals surface area contributed by atoms with Crippen molar-refractivity contribution in [1.29, 1.82) is 0 Å². The van der Waals surface area contributed by atoms with Gasteiger partial charge < -0.3 is 15.0 Å². The molecule has 7 nitrogen and oxygen atoms in total. The molecule has 30 heavy (non-hydrogen) atoms. The van der Waals surface area contributed by atoms with Crippen molar-refractivity contribution in [3.05, 3.63) is 54.6 Å². The zero-order valence-corrected chi connectivity index (χ0v) is 18.2. The first-order valence-corrected chi connectivity index (χ1v) is 12.4. The number of nitrogens with zero attached hydrogens (tertiary/aromatic N) is 2. The quantitative estimate of drug-likeness (QED) is 0.736. The highest BCUT2D eigenvalue weighted by molar-refractivity contribution is 8.15. The van der Waals surface area contributed by atoms with E-state index in [1.54, 1.807) is 12.1 Å². The Labute approximate surface area is 180 Å². The van der Waals surface area contributed by atoms with Crippen molar-refractivity contribution in [3.63, 3.8) is 0 Å². The first-order valence-electron chi connectivity index (χ1n) is 9.74. The van der Waals surface area contributed by atoms with Gasteiger partial charge in [-0.15, -0.1) is 0 Å². The Hall–Kier alpha value is -2.52. The van der Waals surface area contributed by atoms with Gasteiger partial charge in [0.15, 0.2) is 15.0 Å². The van der Waals surface area contributed by atoms with Gasteiger partial charge in [0.25, 0.3) is 0 Å². The maximum atomic E-state index is 12.8. The number of hydrogen-bond acceptors (Lipinski definition) is 7. The molecule has 0 aromatic heterocycles. The van der Waals surface area contributed by atoms with E-state index in [4.69, 9.17) is 4.74 Å². The van der Waals surface area contributed by atoms with Crippen molar-refractivity contribution < 1.29 is 17.9 Å². The van der Waals surface area contributed by atoms with Crippen molar-refractivity contribution in [2.45, 2.75) is 18.2 Å². The Morgan fingerprint density at radius 1 is 1.17 bits per heavy atom. The number of thioether (sulfide) groups is 1. The number of fused-ring (bicyclic) bond motifs is 1. The number of amidine groups is 1. The Kier molecular flexibility index (Phi) is 6.01. The number of ether oxygens (including phenoxy) is 1. The number of nitrogens with one attached hydrogen (secondary N) is 1. The SMILES string of the molecule is CCOc1ccc(NC(=O)CN(C2=N[C@@H]3CS(=O)(=O)C[C@@H]3S2)c2ccccc2)cc1. The van der Waals surface area contributed by atoms with Gasteiger partial charge >= 0.3 is 0 Å². The lowest BCUT2D eigenvalue weighted by atomic mass is 10.2. The van der Waals surface area contributed by atoms with Crippen LogP contribution in [0.15, 0.2) is 59.6 Å². The molecule has 2 aromatic carbocycles. The van der Waals surface area contributed by atoms with Crippen LogP contribution in [0.3, 0.4) is 0 Å². The molecule has 0 aliphatic carbocycles. The number of anilines is 2. The molecule has 158 valence electrons. The fourth-order valence-corrected chi connectivity index (χ4v) is 7.27. The van der Waals surface area contributed by atoms with E-state index in [2.05, 4.69) is 10.3 Å². The van der Waals surface area contributed by atoms with Gasteiger partial charge in [-0.2, -0.15) is 0 Å². The number of carbonyl (C=O) groups excluding carboxylic acids is 1. The molecule has 1 fully saturated rings. The lowest BCUT2D eigenvalue weighted by molar-refractivity contribution is -0.114. The second-order valence-electron chi connectivity index (χ2n) is 7.14. The number of para-hydroxylation sites is 1. The Bertz CT molecular complexity index is 1040. The van der Waals surface area contributed by atoms with E-state index >= 15 is 0 Å². The monoisotopic (exact) mass is 445 g/mol. The molecule has 4 rings (SSSR count). The third-order valence-electron chi connectivity index (χ3n) is 4.85. The van der Waals surface area contributed by atoms with Gasteiger partial charge in [-0.05, 0) is 43.3 Å². The van der Waals surface area contributed by atoms with Crippen LogP contribution in [0.2, 0.25) is 0 Å². The van der Waals surface area contributed by atoms with Crippen LogP contribution in [0.25, 0.3) is 0 Å². The van der Waals surface area contributed by atoms with Crippen molar-refractivity contribution in [2.75, 3.05) is 34.9 Å². The summed E-state index contributed by atoms with van der Waals surface area (Å²) in [4.78, 5) is 19.3. The third kappa shape index (κ3) is 4.79. The molecular weight excluding hydrogens is 422 g/mol. The lowest BCUT2D eigenvalue weighted by Crippen LogP contribution is -2.36. The molecule has 2 aliphatic rings. The summed E-state index contributed by atoms with van der Waals surface area (Å²) in [6.45, 7) is 2.58. The van der Waals surface area contributed by atoms with Gasteiger partial charge in [-0.1, -0.05) is 30.0 Å². The maximum Gasteiger partial charge on any atom is 0.244 e. The molecule has 1 amide bonds. The summed E-state index contributed by atoms with van der Waals surface area (Å²) in [5.41, 5.74) is 1.52. The Morgan fingerprint density at radius 3 is 2.57 bits per heavy atom. The number of aliphatic imine (C=N–C) groups is 1. The number of amides is 1. The van der Waals surface area contributed by atoms with E-state index in [-0.39, 0.29) is 35.2 Å². The zero-order valence-electron chi connectivity index (χ0n) is 16.5. The van der Waals surface area contributed by atoms with Gasteiger partial charge in [-0.25, -0.2) is 8.42 Å². The van der Waals surface area contributed by atoms with Gasteiger partial charge in [-0.3, -0.25) is 9.79 Å². The van der Waals surface area contributed by atoms with Crippen LogP contribution in [0, 0.1) is 0 Å². The van der Waals surface area contributed by atoms with Crippen molar-refractivity contribution >= 4 is 44.0 Å². The second kappa shape index (κ2) is 8.69. The van der Waals surface area contributed by atoms with Crippen LogP contribution >= 0.6 is 11.8 Å². The van der Waals surface area contributed by atoms with Gasteiger partial charge in [0.05, 0.1) is 24.2 Å². The minimum atomic E-state index is -3.03. The summed E-state index contributed by atoms with van der Waals surface area (Å²) in [6, 6.07) is 16.5. The minimum Gasteiger partial charge on any atom is -0.494 e. The van der Waals surface area contributed by atoms with Crippen molar-refractivity contribution in [3.8, 4) is 5.75 Å². The average Bonchev–Trinajstić information content (AvgIpc) is 3.22. The first-order chi connectivity index (χ1) is 14.4. The molecular formula is C21H23N3O4S2. The predicted molar refractivity (Wildman–Crippen MR) is 121 cm³/mol. The number of benzene rings is 2. The zero-order chi connectivity index (χ0) is 21.1. The minimum absolute atomic E-state index is 0.0783. The number of sulfone groups is 1. The molecule has 0 radical (unpaired) electrons. The molecule has 1 saturated heterocycles. The molecule has 2 heterocycles. The molecule has 1 N–H and O–H groups in total. The Morgan fingerprint density at radius 2 is 1.90 bits per heavy atom. The summed E-state index contributed by atoms with van der Waals surface area (Å²) < 4.78 is 29.2. The molecule has 2 aliphatic heterocycles. The van der Waals surface area contributed by atoms with Gasteiger partial charge in [0.1, 0.15) is 12.3 Å². The largest absolute Gasteiger partial charge is 0.494 e. The molecule has 0 unspecified atom stereocenters. The molecule has 2 aromatic rings. The lowest BCUT2D eigenvalue weighted by Gasteiger charge is -2.24. The highest BCUT2D eigenvalue weighted by Gasteiger charge is 2.44. The molecule has 0 bridgehead atoms. The highest BCUT2D eigenvalue weighted by atomic mass is 32.2. The summed E-state index contributed by atoms with van der Waals surface area (Å²) in [7, 11) is -3.03. The molecule has 0 spiro atoms. The summed E-state index contributed by atoms with van der Waals surface area (Å²) in [5, 5.41) is 3.51. The topological polar surface area (TPSA) is 88.1 Å². The van der Waals surface area contributed by atoms with Gasteiger partial charge in [0.2, 0.25) is 5.91 Å². The van der Waals surface area contributed by atoms with E-state index in [0.29, 0.717) is 17.5 Å².